The molecule has 7 nitrogen and oxygen atoms in total. The molecule has 0 unspecified atom stereocenters. The van der Waals surface area contributed by atoms with Crippen molar-refractivity contribution < 1.29 is 18.8 Å². The van der Waals surface area contributed by atoms with Gasteiger partial charge >= 0.3 is 6.03 Å². The van der Waals surface area contributed by atoms with Crippen LogP contribution in [0.1, 0.15) is 36.2 Å². The van der Waals surface area contributed by atoms with Crippen LogP contribution in [0, 0.1) is 5.82 Å². The molecule has 0 bridgehead atoms. The number of aromatic nitrogens is 1. The minimum atomic E-state index is -0.299. The largest absolute Gasteiger partial charge is 0.357 e. The summed E-state index contributed by atoms with van der Waals surface area (Å²) in [7, 11) is 0. The summed E-state index contributed by atoms with van der Waals surface area (Å²) in [5, 5.41) is 0. The van der Waals surface area contributed by atoms with Gasteiger partial charge in [0.05, 0.1) is 0 Å². The van der Waals surface area contributed by atoms with Gasteiger partial charge in [0.25, 0.3) is 11.8 Å². The van der Waals surface area contributed by atoms with E-state index in [-0.39, 0.29) is 42.3 Å². The topological polar surface area (TPSA) is 76.7 Å². The fourth-order valence-electron chi connectivity index (χ4n) is 4.39. The first-order valence-corrected chi connectivity index (χ1v) is 10.4. The molecule has 3 heterocycles. The standard InChI is InChI=1S/C22H23FN4O3/c23-16-3-1-14(2-4-16)15-11-19(24-12-15)21(29)25-9-7-17(8-10-25)26-13-20(28)27(22(26)30)18-5-6-18/h1-4,11-12,17-18,24H,5-10,13H2. The number of benzene rings is 1. The zero-order valence-electron chi connectivity index (χ0n) is 16.5. The van der Waals surface area contributed by atoms with Gasteiger partial charge in [0.1, 0.15) is 18.1 Å². The van der Waals surface area contributed by atoms with Gasteiger partial charge in [-0.3, -0.25) is 14.5 Å². The number of rotatable bonds is 4. The zero-order valence-corrected chi connectivity index (χ0v) is 16.5. The predicted molar refractivity (Wildman–Crippen MR) is 107 cm³/mol. The lowest BCUT2D eigenvalue weighted by molar-refractivity contribution is -0.125. The quantitative estimate of drug-likeness (QED) is 0.788. The third-order valence-corrected chi connectivity index (χ3v) is 6.22. The minimum Gasteiger partial charge on any atom is -0.357 e. The molecular weight excluding hydrogens is 387 g/mol. The monoisotopic (exact) mass is 410 g/mol. The van der Waals surface area contributed by atoms with Crippen LogP contribution in [0.25, 0.3) is 11.1 Å². The van der Waals surface area contributed by atoms with Crippen LogP contribution >= 0.6 is 0 Å². The Morgan fingerprint density at radius 3 is 2.33 bits per heavy atom. The summed E-state index contributed by atoms with van der Waals surface area (Å²) in [4.78, 5) is 45.6. The van der Waals surface area contributed by atoms with Gasteiger partial charge in [-0.15, -0.1) is 0 Å². The summed E-state index contributed by atoms with van der Waals surface area (Å²) in [6.45, 7) is 1.23. The molecule has 1 aromatic heterocycles. The maximum atomic E-state index is 13.1. The number of piperidine rings is 1. The molecule has 0 radical (unpaired) electrons. The van der Waals surface area contributed by atoms with Gasteiger partial charge in [0, 0.05) is 31.4 Å². The van der Waals surface area contributed by atoms with Crippen LogP contribution in [-0.4, -0.2) is 69.2 Å². The van der Waals surface area contributed by atoms with Crippen molar-refractivity contribution in [2.75, 3.05) is 19.6 Å². The number of imide groups is 1. The molecule has 1 aliphatic carbocycles. The van der Waals surface area contributed by atoms with Crippen LogP contribution < -0.4 is 0 Å². The molecule has 0 spiro atoms. The molecule has 8 heteroatoms. The average Bonchev–Trinajstić information content (AvgIpc) is 3.37. The second-order valence-electron chi connectivity index (χ2n) is 8.24. The van der Waals surface area contributed by atoms with Crippen LogP contribution in [0.4, 0.5) is 9.18 Å². The van der Waals surface area contributed by atoms with Gasteiger partial charge in [-0.25, -0.2) is 9.18 Å². The van der Waals surface area contributed by atoms with Gasteiger partial charge in [-0.05, 0) is 55.0 Å². The van der Waals surface area contributed by atoms with E-state index in [2.05, 4.69) is 4.98 Å². The van der Waals surface area contributed by atoms with Gasteiger partial charge in [-0.2, -0.15) is 0 Å². The lowest BCUT2D eigenvalue weighted by atomic mass is 10.0. The first-order valence-electron chi connectivity index (χ1n) is 10.4. The van der Waals surface area contributed by atoms with Crippen molar-refractivity contribution in [1.29, 1.82) is 0 Å². The SMILES string of the molecule is O=C(c1cc(-c2ccc(F)cc2)c[nH]1)N1CCC(N2CC(=O)N(C3CC3)C2=O)CC1. The molecule has 2 aromatic rings. The van der Waals surface area contributed by atoms with Crippen LogP contribution in [0.2, 0.25) is 0 Å². The Hall–Kier alpha value is -3.16. The van der Waals surface area contributed by atoms with Crippen molar-refractivity contribution in [3.05, 3.63) is 48.0 Å². The average molecular weight is 410 g/mol. The van der Waals surface area contributed by atoms with E-state index in [1.54, 1.807) is 34.2 Å². The predicted octanol–water partition coefficient (Wildman–Crippen LogP) is 2.85. The molecular formula is C22H23FN4O3. The summed E-state index contributed by atoms with van der Waals surface area (Å²) in [6, 6.07) is 7.84. The zero-order chi connectivity index (χ0) is 20.8. The van der Waals surface area contributed by atoms with E-state index >= 15 is 0 Å². The molecule has 2 saturated heterocycles. The van der Waals surface area contributed by atoms with Crippen LogP contribution in [0.15, 0.2) is 36.5 Å². The highest BCUT2D eigenvalue weighted by Gasteiger charge is 2.47. The first kappa shape index (κ1) is 18.8. The van der Waals surface area contributed by atoms with E-state index < -0.39 is 0 Å². The van der Waals surface area contributed by atoms with Crippen molar-refractivity contribution in [1.82, 2.24) is 19.7 Å². The number of hydrogen-bond acceptors (Lipinski definition) is 3. The van der Waals surface area contributed by atoms with Gasteiger partial charge in [0.15, 0.2) is 0 Å². The number of carbonyl (C=O) groups is 3. The Labute approximate surface area is 173 Å². The molecule has 30 heavy (non-hydrogen) atoms. The first-order chi connectivity index (χ1) is 14.5. The summed E-state index contributed by atoms with van der Waals surface area (Å²) >= 11 is 0. The van der Waals surface area contributed by atoms with Gasteiger partial charge in [0.2, 0.25) is 0 Å². The summed E-state index contributed by atoms with van der Waals surface area (Å²) < 4.78 is 13.1. The second kappa shape index (κ2) is 7.27. The number of nitrogens with one attached hydrogen (secondary N) is 1. The second-order valence-corrected chi connectivity index (χ2v) is 8.24. The Bertz CT molecular complexity index is 990. The number of aromatic amines is 1. The number of H-pyrrole nitrogens is 1. The Balaban J connectivity index is 1.21. The number of likely N-dealkylation sites (tertiary alicyclic amines) is 1. The molecule has 0 atom stereocenters. The van der Waals surface area contributed by atoms with E-state index in [0.29, 0.717) is 31.6 Å². The number of urea groups is 1. The molecule has 156 valence electrons. The maximum Gasteiger partial charge on any atom is 0.327 e. The van der Waals surface area contributed by atoms with E-state index in [0.717, 1.165) is 24.0 Å². The van der Waals surface area contributed by atoms with Crippen LogP contribution in [-0.2, 0) is 4.79 Å². The van der Waals surface area contributed by atoms with Crippen molar-refractivity contribution in [2.45, 2.75) is 37.8 Å². The molecule has 4 amide bonds. The number of nitrogens with zero attached hydrogens (tertiary/aromatic N) is 3. The molecule has 5 rings (SSSR count). The lowest BCUT2D eigenvalue weighted by Crippen LogP contribution is -2.48. The van der Waals surface area contributed by atoms with Crippen molar-refractivity contribution in [3.63, 3.8) is 0 Å². The molecule has 1 saturated carbocycles. The van der Waals surface area contributed by atoms with Crippen molar-refractivity contribution in [2.24, 2.45) is 0 Å². The van der Waals surface area contributed by atoms with Crippen LogP contribution in [0.5, 0.6) is 0 Å². The number of carbonyl (C=O) groups excluding carboxylic acids is 3. The van der Waals surface area contributed by atoms with E-state index in [4.69, 9.17) is 0 Å². The maximum absolute atomic E-state index is 13.1. The fourth-order valence-corrected chi connectivity index (χ4v) is 4.39. The lowest BCUT2D eigenvalue weighted by Gasteiger charge is -2.36. The highest BCUT2D eigenvalue weighted by Crippen LogP contribution is 2.32. The normalized spacial score (nSPS) is 20.4. The fraction of sp³-hybridized carbons (Fsp3) is 0.409. The third-order valence-electron chi connectivity index (χ3n) is 6.22. The van der Waals surface area contributed by atoms with E-state index in [9.17, 15) is 18.8 Å². The summed E-state index contributed by atoms with van der Waals surface area (Å²) in [5.74, 6) is -0.488. The van der Waals surface area contributed by atoms with E-state index in [1.165, 1.54) is 17.0 Å². The highest BCUT2D eigenvalue weighted by atomic mass is 19.1. The molecule has 2 aliphatic heterocycles. The van der Waals surface area contributed by atoms with Crippen molar-refractivity contribution >= 4 is 17.8 Å². The number of hydrogen-bond donors (Lipinski definition) is 1. The number of amides is 4. The van der Waals surface area contributed by atoms with E-state index in [1.807, 2.05) is 0 Å². The minimum absolute atomic E-state index is 0.00679. The molecule has 1 N–H and O–H groups in total. The van der Waals surface area contributed by atoms with Gasteiger partial charge in [-0.1, -0.05) is 12.1 Å². The Morgan fingerprint density at radius 2 is 1.67 bits per heavy atom. The molecule has 3 fully saturated rings. The molecule has 3 aliphatic rings. The van der Waals surface area contributed by atoms with Crippen molar-refractivity contribution in [3.8, 4) is 11.1 Å². The number of halogens is 1. The van der Waals surface area contributed by atoms with Crippen LogP contribution in [0.3, 0.4) is 0 Å². The summed E-state index contributed by atoms with van der Waals surface area (Å²) in [5.41, 5.74) is 2.15. The summed E-state index contributed by atoms with van der Waals surface area (Å²) in [6.07, 6.45) is 4.89. The third kappa shape index (κ3) is 3.36. The molecule has 1 aromatic carbocycles. The smallest absolute Gasteiger partial charge is 0.327 e. The Morgan fingerprint density at radius 1 is 0.967 bits per heavy atom. The Kier molecular flexibility index (Phi) is 4.56. The highest BCUT2D eigenvalue weighted by molar-refractivity contribution is 6.02. The van der Waals surface area contributed by atoms with Gasteiger partial charge < -0.3 is 14.8 Å².